The van der Waals surface area contributed by atoms with E-state index in [1.165, 1.54) is 60.8 Å². The highest BCUT2D eigenvalue weighted by molar-refractivity contribution is 7.99. The van der Waals surface area contributed by atoms with E-state index in [1.807, 2.05) is 6.07 Å². The molecule has 2 aromatic heterocycles. The molecule has 2 unspecified atom stereocenters. The van der Waals surface area contributed by atoms with Gasteiger partial charge in [0.05, 0.1) is 5.75 Å². The molecule has 1 aromatic carbocycles. The maximum absolute atomic E-state index is 12.5. The predicted molar refractivity (Wildman–Crippen MR) is 127 cm³/mol. The van der Waals surface area contributed by atoms with Crippen molar-refractivity contribution >= 4 is 34.1 Å². The van der Waals surface area contributed by atoms with E-state index in [2.05, 4.69) is 61.5 Å². The van der Waals surface area contributed by atoms with Gasteiger partial charge in [-0.1, -0.05) is 72.7 Å². The monoisotopic (exact) mass is 468 g/mol. The van der Waals surface area contributed by atoms with Gasteiger partial charge in [0, 0.05) is 18.4 Å². The highest BCUT2D eigenvalue weighted by Crippen LogP contribution is 2.54. The summed E-state index contributed by atoms with van der Waals surface area (Å²) in [6.07, 6.45) is 7.30. The van der Waals surface area contributed by atoms with E-state index >= 15 is 0 Å². The summed E-state index contributed by atoms with van der Waals surface area (Å²) in [7, 11) is 0. The fourth-order valence-corrected chi connectivity index (χ4v) is 6.35. The van der Waals surface area contributed by atoms with Crippen molar-refractivity contribution in [3.05, 3.63) is 46.7 Å². The molecule has 5 rings (SSSR count). The molecule has 9 heteroatoms. The van der Waals surface area contributed by atoms with Gasteiger partial charge in [-0.05, 0) is 37.7 Å². The number of nitrogens with zero attached hydrogens (tertiary/aromatic N) is 5. The first kappa shape index (κ1) is 21.6. The molecular weight excluding hydrogens is 440 g/mol. The number of hydrogen-bond acceptors (Lipinski definition) is 7. The Bertz CT molecular complexity index is 1060. The van der Waals surface area contributed by atoms with Crippen molar-refractivity contribution in [1.82, 2.24) is 25.0 Å². The second-order valence-electron chi connectivity index (χ2n) is 8.56. The number of benzene rings is 1. The topological polar surface area (TPSA) is 85.6 Å². The number of thioether (sulfide) groups is 1. The van der Waals surface area contributed by atoms with Gasteiger partial charge < -0.3 is 4.57 Å². The van der Waals surface area contributed by atoms with Crippen molar-refractivity contribution in [1.29, 1.82) is 0 Å². The smallest absolute Gasteiger partial charge is 0.236 e. The normalized spacial score (nSPS) is 20.9. The molecule has 32 heavy (non-hydrogen) atoms. The maximum Gasteiger partial charge on any atom is 0.236 e. The molecule has 3 aromatic rings. The Morgan fingerprint density at radius 3 is 2.69 bits per heavy atom. The summed E-state index contributed by atoms with van der Waals surface area (Å²) in [5, 5.41) is 22.7. The molecule has 2 fully saturated rings. The third-order valence-corrected chi connectivity index (χ3v) is 8.35. The number of carbonyl (C=O) groups excluding carboxylic acids is 1. The molecule has 168 valence electrons. The molecular formula is C23H28N6OS2. The zero-order valence-electron chi connectivity index (χ0n) is 18.2. The van der Waals surface area contributed by atoms with Crippen LogP contribution in [0, 0.1) is 0 Å². The van der Waals surface area contributed by atoms with Crippen LogP contribution in [0.1, 0.15) is 79.6 Å². The van der Waals surface area contributed by atoms with Gasteiger partial charge >= 0.3 is 0 Å². The lowest BCUT2D eigenvalue weighted by molar-refractivity contribution is -0.113. The van der Waals surface area contributed by atoms with Crippen molar-refractivity contribution in [2.75, 3.05) is 11.1 Å². The lowest BCUT2D eigenvalue weighted by atomic mass is 9.90. The average molecular weight is 469 g/mol. The Balaban J connectivity index is 1.17. The summed E-state index contributed by atoms with van der Waals surface area (Å²) >= 11 is 2.95. The Morgan fingerprint density at radius 1 is 1.09 bits per heavy atom. The molecule has 0 saturated heterocycles. The van der Waals surface area contributed by atoms with E-state index in [-0.39, 0.29) is 11.7 Å². The van der Waals surface area contributed by atoms with Crippen LogP contribution in [0.15, 0.2) is 35.5 Å². The van der Waals surface area contributed by atoms with Crippen molar-refractivity contribution in [2.45, 2.75) is 74.9 Å². The van der Waals surface area contributed by atoms with Gasteiger partial charge in [0.15, 0.2) is 5.16 Å². The summed E-state index contributed by atoms with van der Waals surface area (Å²) in [5.41, 5.74) is 1.36. The first-order chi connectivity index (χ1) is 15.7. The number of rotatable bonds is 8. The fraction of sp³-hybridized carbons (Fsp3) is 0.522. The van der Waals surface area contributed by atoms with Crippen LogP contribution in [0.4, 0.5) is 5.13 Å². The van der Waals surface area contributed by atoms with Gasteiger partial charge in [-0.25, -0.2) is 0 Å². The third-order valence-electron chi connectivity index (χ3n) is 6.39. The molecule has 0 radical (unpaired) electrons. The minimum Gasteiger partial charge on any atom is -0.306 e. The van der Waals surface area contributed by atoms with Crippen LogP contribution < -0.4 is 5.32 Å². The summed E-state index contributed by atoms with van der Waals surface area (Å²) in [5.74, 6) is 2.66. The summed E-state index contributed by atoms with van der Waals surface area (Å²) in [4.78, 5) is 12.5. The largest absolute Gasteiger partial charge is 0.306 e. The van der Waals surface area contributed by atoms with Crippen molar-refractivity contribution < 1.29 is 4.79 Å². The Hall–Kier alpha value is -2.26. The van der Waals surface area contributed by atoms with Crippen LogP contribution in [0.25, 0.3) is 0 Å². The van der Waals surface area contributed by atoms with Gasteiger partial charge in [0.1, 0.15) is 10.8 Å². The lowest BCUT2D eigenvalue weighted by Gasteiger charge is -2.18. The van der Waals surface area contributed by atoms with Crippen LogP contribution in [-0.2, 0) is 11.3 Å². The molecule has 0 spiro atoms. The number of carbonyl (C=O) groups is 1. The van der Waals surface area contributed by atoms with E-state index in [0.717, 1.165) is 29.0 Å². The first-order valence-corrected chi connectivity index (χ1v) is 13.3. The zero-order chi connectivity index (χ0) is 21.9. The molecule has 2 heterocycles. The molecule has 2 aliphatic rings. The molecule has 1 amide bonds. The fourth-order valence-electron chi connectivity index (χ4n) is 4.61. The highest BCUT2D eigenvalue weighted by atomic mass is 32.2. The van der Waals surface area contributed by atoms with Gasteiger partial charge in [-0.15, -0.1) is 20.4 Å². The van der Waals surface area contributed by atoms with E-state index in [9.17, 15) is 4.79 Å². The van der Waals surface area contributed by atoms with Crippen LogP contribution >= 0.6 is 23.1 Å². The number of nitrogens with one attached hydrogen (secondary N) is 1. The number of amides is 1. The first-order valence-electron chi connectivity index (χ1n) is 11.5. The summed E-state index contributed by atoms with van der Waals surface area (Å²) in [6, 6.07) is 10.6. The van der Waals surface area contributed by atoms with Gasteiger partial charge in [-0.2, -0.15) is 0 Å². The summed E-state index contributed by atoms with van der Waals surface area (Å²) in [6.45, 7) is 2.90. The van der Waals surface area contributed by atoms with Crippen LogP contribution in [0.3, 0.4) is 0 Å². The third kappa shape index (κ3) is 4.73. The predicted octanol–water partition coefficient (Wildman–Crippen LogP) is 5.20. The van der Waals surface area contributed by atoms with E-state index in [1.54, 1.807) is 0 Å². The minimum absolute atomic E-state index is 0.0814. The van der Waals surface area contributed by atoms with E-state index in [4.69, 9.17) is 0 Å². The highest BCUT2D eigenvalue weighted by Gasteiger charge is 2.43. The van der Waals surface area contributed by atoms with Crippen molar-refractivity contribution in [3.8, 4) is 0 Å². The molecule has 7 nitrogen and oxygen atoms in total. The molecule has 2 atom stereocenters. The minimum atomic E-state index is -0.0814. The average Bonchev–Trinajstić information content (AvgIpc) is 3.30. The number of anilines is 1. The van der Waals surface area contributed by atoms with Crippen molar-refractivity contribution in [2.24, 2.45) is 0 Å². The standard InChI is InChI=1S/C23H28N6OS2/c1-2-29-20(18-13-17(18)15-9-5-3-6-10-15)25-28-23(29)31-14-19(30)24-22-27-26-21(32-22)16-11-7-4-8-12-16/h3,5-6,9-10,16-18H,2,4,7-8,11-14H2,1H3,(H,24,27,30). The Morgan fingerprint density at radius 2 is 1.91 bits per heavy atom. The molecule has 0 bridgehead atoms. The molecule has 1 N–H and O–H groups in total. The molecule has 2 aliphatic carbocycles. The SMILES string of the molecule is CCn1c(SCC(=O)Nc2nnc(C3CCCCC3)s2)nnc1C1CC1c1ccccc1. The molecule has 2 saturated carbocycles. The van der Waals surface area contributed by atoms with Gasteiger partial charge in [-0.3, -0.25) is 10.1 Å². The Labute approximate surface area is 196 Å². The van der Waals surface area contributed by atoms with Gasteiger partial charge in [0.25, 0.3) is 0 Å². The van der Waals surface area contributed by atoms with E-state index in [0.29, 0.717) is 22.9 Å². The van der Waals surface area contributed by atoms with Crippen LogP contribution in [0.2, 0.25) is 0 Å². The molecule has 0 aliphatic heterocycles. The zero-order valence-corrected chi connectivity index (χ0v) is 19.9. The van der Waals surface area contributed by atoms with E-state index < -0.39 is 0 Å². The maximum atomic E-state index is 12.5. The lowest BCUT2D eigenvalue weighted by Crippen LogP contribution is -2.14. The number of aromatic nitrogens is 5. The second-order valence-corrected chi connectivity index (χ2v) is 10.5. The quantitative estimate of drug-likeness (QED) is 0.457. The second kappa shape index (κ2) is 9.70. The van der Waals surface area contributed by atoms with Crippen LogP contribution in [-0.4, -0.2) is 36.6 Å². The van der Waals surface area contributed by atoms with Crippen molar-refractivity contribution in [3.63, 3.8) is 0 Å². The summed E-state index contributed by atoms with van der Waals surface area (Å²) < 4.78 is 2.15. The van der Waals surface area contributed by atoms with Gasteiger partial charge in [0.2, 0.25) is 11.0 Å². The van der Waals surface area contributed by atoms with Crippen LogP contribution in [0.5, 0.6) is 0 Å². The Kier molecular flexibility index (Phi) is 6.54. The number of hydrogen-bond donors (Lipinski definition) is 1.